The molecule has 2 aliphatic rings. The van der Waals surface area contributed by atoms with E-state index in [2.05, 4.69) is 6.92 Å². The van der Waals surface area contributed by atoms with E-state index in [9.17, 15) is 4.79 Å². The van der Waals surface area contributed by atoms with Crippen LogP contribution in [0.4, 0.5) is 0 Å². The van der Waals surface area contributed by atoms with E-state index < -0.39 is 5.97 Å². The lowest BCUT2D eigenvalue weighted by molar-refractivity contribution is -0.145. The van der Waals surface area contributed by atoms with Gasteiger partial charge in [0.25, 0.3) is 0 Å². The molecule has 0 heterocycles. The van der Waals surface area contributed by atoms with Gasteiger partial charge in [-0.05, 0) is 36.5 Å². The van der Waals surface area contributed by atoms with Gasteiger partial charge in [0.05, 0.1) is 0 Å². The highest BCUT2D eigenvalue weighted by atomic mass is 16.4. The van der Waals surface area contributed by atoms with E-state index in [0.29, 0.717) is 12.3 Å². The summed E-state index contributed by atoms with van der Waals surface area (Å²) >= 11 is 0. The number of hydrogen-bond acceptors (Lipinski definition) is 1. The van der Waals surface area contributed by atoms with Crippen molar-refractivity contribution in [1.29, 1.82) is 0 Å². The van der Waals surface area contributed by atoms with E-state index >= 15 is 0 Å². The molecule has 0 aromatic heterocycles. The van der Waals surface area contributed by atoms with E-state index in [1.165, 1.54) is 32.1 Å². The van der Waals surface area contributed by atoms with Gasteiger partial charge in [-0.25, -0.2) is 0 Å². The third-order valence-corrected chi connectivity index (χ3v) is 4.41. The summed E-state index contributed by atoms with van der Waals surface area (Å²) in [4.78, 5) is 10.7. The Labute approximate surface area is 85.7 Å². The maximum absolute atomic E-state index is 10.7. The fourth-order valence-corrected chi connectivity index (χ4v) is 3.85. The van der Waals surface area contributed by atoms with E-state index in [0.717, 1.165) is 17.8 Å². The van der Waals surface area contributed by atoms with Crippen LogP contribution in [0, 0.1) is 23.7 Å². The first-order valence-corrected chi connectivity index (χ1v) is 5.95. The molecule has 1 unspecified atom stereocenters. The molecule has 0 radical (unpaired) electrons. The predicted molar refractivity (Wildman–Crippen MR) is 55.0 cm³/mol. The van der Waals surface area contributed by atoms with Gasteiger partial charge in [0, 0.05) is 6.42 Å². The van der Waals surface area contributed by atoms with Crippen molar-refractivity contribution < 1.29 is 9.90 Å². The largest absolute Gasteiger partial charge is 0.481 e. The van der Waals surface area contributed by atoms with Crippen LogP contribution in [-0.2, 0) is 4.79 Å². The Hall–Kier alpha value is -0.530. The summed E-state index contributed by atoms with van der Waals surface area (Å²) in [6.07, 6.45) is 6.95. The van der Waals surface area contributed by atoms with E-state index in [1.54, 1.807) is 0 Å². The molecule has 0 bridgehead atoms. The molecule has 2 heteroatoms. The molecule has 0 aromatic carbocycles. The average Bonchev–Trinajstić information content (AvgIpc) is 2.15. The van der Waals surface area contributed by atoms with Crippen molar-refractivity contribution in [2.24, 2.45) is 23.7 Å². The van der Waals surface area contributed by atoms with Crippen molar-refractivity contribution in [3.63, 3.8) is 0 Å². The van der Waals surface area contributed by atoms with Crippen molar-refractivity contribution in [1.82, 2.24) is 0 Å². The number of carbonyl (C=O) groups is 1. The molecule has 14 heavy (non-hydrogen) atoms. The van der Waals surface area contributed by atoms with Gasteiger partial charge >= 0.3 is 5.97 Å². The van der Waals surface area contributed by atoms with Crippen molar-refractivity contribution in [2.75, 3.05) is 0 Å². The van der Waals surface area contributed by atoms with Gasteiger partial charge in [0.1, 0.15) is 0 Å². The molecule has 0 aromatic rings. The molecular weight excluding hydrogens is 176 g/mol. The standard InChI is InChI=1S/C12H20O2/c1-2-8-9-5-3-4-6-10(9)11(8)7-12(13)14/h8-11H,2-7H2,1H3,(H,13,14)/t8-,9?,10+,11-/m1/s1. The second-order valence-corrected chi connectivity index (χ2v) is 4.95. The lowest BCUT2D eigenvalue weighted by atomic mass is 9.50. The Morgan fingerprint density at radius 2 is 1.79 bits per heavy atom. The lowest BCUT2D eigenvalue weighted by Gasteiger charge is -2.54. The maximum atomic E-state index is 10.7. The normalized spacial score (nSPS) is 41.2. The van der Waals surface area contributed by atoms with Gasteiger partial charge in [0.2, 0.25) is 0 Å². The molecule has 0 spiro atoms. The molecule has 0 aliphatic heterocycles. The van der Waals surface area contributed by atoms with Crippen LogP contribution >= 0.6 is 0 Å². The molecule has 2 saturated carbocycles. The summed E-state index contributed by atoms with van der Waals surface area (Å²) in [5.74, 6) is 2.25. The first-order chi connectivity index (χ1) is 6.74. The predicted octanol–water partition coefficient (Wildman–Crippen LogP) is 2.92. The topological polar surface area (TPSA) is 37.3 Å². The number of hydrogen-bond donors (Lipinski definition) is 1. The average molecular weight is 196 g/mol. The Balaban J connectivity index is 1.98. The number of carboxylic acids is 1. The zero-order valence-corrected chi connectivity index (χ0v) is 8.91. The van der Waals surface area contributed by atoms with Crippen molar-refractivity contribution in [2.45, 2.75) is 45.4 Å². The van der Waals surface area contributed by atoms with Crippen molar-refractivity contribution >= 4 is 5.97 Å². The second kappa shape index (κ2) is 3.92. The molecule has 2 aliphatic carbocycles. The van der Waals surface area contributed by atoms with Gasteiger partial charge < -0.3 is 5.11 Å². The number of carboxylic acid groups (broad SMARTS) is 1. The van der Waals surface area contributed by atoms with Gasteiger partial charge in [-0.2, -0.15) is 0 Å². The monoisotopic (exact) mass is 196 g/mol. The van der Waals surface area contributed by atoms with Crippen LogP contribution in [0.5, 0.6) is 0 Å². The lowest BCUT2D eigenvalue weighted by Crippen LogP contribution is -2.48. The minimum absolute atomic E-state index is 0.416. The number of aliphatic carboxylic acids is 1. The van der Waals surface area contributed by atoms with Crippen LogP contribution in [0.2, 0.25) is 0 Å². The highest BCUT2D eigenvalue weighted by Crippen LogP contribution is 2.56. The minimum atomic E-state index is -0.600. The van der Waals surface area contributed by atoms with Crippen molar-refractivity contribution in [3.05, 3.63) is 0 Å². The van der Waals surface area contributed by atoms with Gasteiger partial charge in [0.15, 0.2) is 0 Å². The molecule has 2 fully saturated rings. The summed E-state index contributed by atoms with van der Waals surface area (Å²) in [6.45, 7) is 2.21. The molecule has 0 amide bonds. The second-order valence-electron chi connectivity index (χ2n) is 4.95. The van der Waals surface area contributed by atoms with Crippen LogP contribution in [0.25, 0.3) is 0 Å². The Morgan fingerprint density at radius 3 is 2.29 bits per heavy atom. The van der Waals surface area contributed by atoms with Crippen LogP contribution in [0.15, 0.2) is 0 Å². The smallest absolute Gasteiger partial charge is 0.303 e. The van der Waals surface area contributed by atoms with Gasteiger partial charge in [-0.1, -0.05) is 26.2 Å². The molecule has 80 valence electrons. The quantitative estimate of drug-likeness (QED) is 0.753. The maximum Gasteiger partial charge on any atom is 0.303 e. The zero-order chi connectivity index (χ0) is 10.1. The molecule has 2 rings (SSSR count). The number of fused-ring (bicyclic) bond motifs is 1. The summed E-state index contributed by atoms with van der Waals surface area (Å²) in [6, 6.07) is 0. The third-order valence-electron chi connectivity index (χ3n) is 4.41. The van der Waals surface area contributed by atoms with Gasteiger partial charge in [-0.15, -0.1) is 0 Å². The molecule has 1 N–H and O–H groups in total. The zero-order valence-electron chi connectivity index (χ0n) is 8.91. The summed E-state index contributed by atoms with van der Waals surface area (Å²) in [7, 11) is 0. The van der Waals surface area contributed by atoms with E-state index in [-0.39, 0.29) is 0 Å². The number of rotatable bonds is 3. The van der Waals surface area contributed by atoms with Crippen LogP contribution in [0.1, 0.15) is 45.4 Å². The first kappa shape index (κ1) is 10.0. The van der Waals surface area contributed by atoms with Crippen LogP contribution in [0.3, 0.4) is 0 Å². The fourth-order valence-electron chi connectivity index (χ4n) is 3.85. The molecule has 2 nitrogen and oxygen atoms in total. The fraction of sp³-hybridized carbons (Fsp3) is 0.917. The SMILES string of the molecule is CC[C@@H]1C2CCCC[C@@H]2[C@@H]1CC(=O)O. The Morgan fingerprint density at radius 1 is 1.21 bits per heavy atom. The first-order valence-electron chi connectivity index (χ1n) is 5.95. The summed E-state index contributed by atoms with van der Waals surface area (Å²) < 4.78 is 0. The van der Waals surface area contributed by atoms with E-state index in [1.807, 2.05) is 0 Å². The Bertz CT molecular complexity index is 218. The highest BCUT2D eigenvalue weighted by Gasteiger charge is 2.49. The molecular formula is C12H20O2. The van der Waals surface area contributed by atoms with Crippen LogP contribution in [-0.4, -0.2) is 11.1 Å². The van der Waals surface area contributed by atoms with Gasteiger partial charge in [-0.3, -0.25) is 4.79 Å². The third kappa shape index (κ3) is 1.55. The minimum Gasteiger partial charge on any atom is -0.481 e. The van der Waals surface area contributed by atoms with E-state index in [4.69, 9.17) is 5.11 Å². The molecule has 4 atom stereocenters. The summed E-state index contributed by atoms with van der Waals surface area (Å²) in [5.41, 5.74) is 0. The summed E-state index contributed by atoms with van der Waals surface area (Å²) in [5, 5.41) is 8.85. The van der Waals surface area contributed by atoms with Crippen LogP contribution < -0.4 is 0 Å². The van der Waals surface area contributed by atoms with Crippen molar-refractivity contribution in [3.8, 4) is 0 Å². The molecule has 0 saturated heterocycles. The Kier molecular flexibility index (Phi) is 2.80. The highest BCUT2D eigenvalue weighted by molar-refractivity contribution is 5.67.